The summed E-state index contributed by atoms with van der Waals surface area (Å²) >= 11 is 1.56. The number of amides is 1. The van der Waals surface area contributed by atoms with Crippen LogP contribution in [0.2, 0.25) is 0 Å². The van der Waals surface area contributed by atoms with Crippen LogP contribution < -0.4 is 10.6 Å². The van der Waals surface area contributed by atoms with E-state index in [1.807, 2.05) is 23.8 Å². The normalized spacial score (nSPS) is 19.5. The van der Waals surface area contributed by atoms with E-state index in [-0.39, 0.29) is 11.9 Å². The maximum Gasteiger partial charge on any atom is 0.237 e. The van der Waals surface area contributed by atoms with Crippen molar-refractivity contribution in [2.75, 3.05) is 6.54 Å². The van der Waals surface area contributed by atoms with Gasteiger partial charge in [-0.3, -0.25) is 4.79 Å². The fourth-order valence-corrected chi connectivity index (χ4v) is 3.24. The summed E-state index contributed by atoms with van der Waals surface area (Å²) in [4.78, 5) is 12.1. The second-order valence-corrected chi connectivity index (χ2v) is 6.33. The highest BCUT2D eigenvalue weighted by Crippen LogP contribution is 2.17. The minimum absolute atomic E-state index is 0.0365. The maximum atomic E-state index is 12.1. The predicted molar refractivity (Wildman–Crippen MR) is 81.8 cm³/mol. The summed E-state index contributed by atoms with van der Waals surface area (Å²) in [6.07, 6.45) is 5.35. The molecule has 112 valence electrons. The van der Waals surface area contributed by atoms with E-state index >= 15 is 0 Å². The van der Waals surface area contributed by atoms with Crippen molar-refractivity contribution >= 4 is 17.2 Å². The van der Waals surface area contributed by atoms with Gasteiger partial charge in [-0.15, -0.1) is 0 Å². The summed E-state index contributed by atoms with van der Waals surface area (Å²) in [6.45, 7) is 2.24. The quantitative estimate of drug-likeness (QED) is 0.754. The number of nitrogens with one attached hydrogen (secondary N) is 2. The van der Waals surface area contributed by atoms with Gasteiger partial charge in [0.1, 0.15) is 0 Å². The van der Waals surface area contributed by atoms with Crippen LogP contribution in [0.4, 0.5) is 0 Å². The number of hydrogen-bond donors (Lipinski definition) is 3. The molecule has 1 saturated carbocycles. The zero-order valence-corrected chi connectivity index (χ0v) is 12.8. The van der Waals surface area contributed by atoms with Crippen molar-refractivity contribution in [1.82, 2.24) is 10.6 Å². The number of carbonyl (C=O) groups excluding carboxylic acids is 1. The lowest BCUT2D eigenvalue weighted by atomic mass is 9.95. The number of aliphatic hydroxyl groups excluding tert-OH is 1. The highest BCUT2D eigenvalue weighted by atomic mass is 32.1. The number of hydrogen-bond acceptors (Lipinski definition) is 4. The summed E-state index contributed by atoms with van der Waals surface area (Å²) < 4.78 is 0. The first kappa shape index (κ1) is 15.5. The molecule has 0 spiro atoms. The van der Waals surface area contributed by atoms with Gasteiger partial charge in [0.2, 0.25) is 5.91 Å². The van der Waals surface area contributed by atoms with Gasteiger partial charge in [0, 0.05) is 12.6 Å². The van der Waals surface area contributed by atoms with Crippen LogP contribution in [0.25, 0.3) is 0 Å². The van der Waals surface area contributed by atoms with Gasteiger partial charge in [0.15, 0.2) is 0 Å². The molecule has 0 aromatic carbocycles. The molecule has 0 radical (unpaired) electrons. The molecule has 1 aliphatic carbocycles. The van der Waals surface area contributed by atoms with Crippen molar-refractivity contribution in [3.8, 4) is 0 Å². The van der Waals surface area contributed by atoms with Crippen molar-refractivity contribution < 1.29 is 9.90 Å². The Kier molecular flexibility index (Phi) is 6.01. The van der Waals surface area contributed by atoms with E-state index < -0.39 is 6.10 Å². The first-order chi connectivity index (χ1) is 9.66. The monoisotopic (exact) mass is 296 g/mol. The summed E-state index contributed by atoms with van der Waals surface area (Å²) in [5, 5.41) is 20.0. The Morgan fingerprint density at radius 2 is 2.20 bits per heavy atom. The molecule has 20 heavy (non-hydrogen) atoms. The highest BCUT2D eigenvalue weighted by molar-refractivity contribution is 7.07. The van der Waals surface area contributed by atoms with E-state index in [0.717, 1.165) is 18.4 Å². The van der Waals surface area contributed by atoms with Crippen LogP contribution in [0.15, 0.2) is 16.8 Å². The van der Waals surface area contributed by atoms with Crippen LogP contribution in [0, 0.1) is 0 Å². The summed E-state index contributed by atoms with van der Waals surface area (Å²) in [6, 6.07) is 1.97. The average Bonchev–Trinajstić information content (AvgIpc) is 2.99. The third-order valence-corrected chi connectivity index (χ3v) is 4.59. The molecule has 1 aromatic rings. The Bertz CT molecular complexity index is 402. The average molecular weight is 296 g/mol. The Morgan fingerprint density at radius 3 is 2.85 bits per heavy atom. The lowest BCUT2D eigenvalue weighted by Crippen LogP contribution is -2.47. The molecule has 2 unspecified atom stereocenters. The number of rotatable bonds is 6. The van der Waals surface area contributed by atoms with Crippen LogP contribution in [-0.2, 0) is 4.79 Å². The van der Waals surface area contributed by atoms with Crippen molar-refractivity contribution in [3.05, 3.63) is 22.4 Å². The molecule has 2 atom stereocenters. The number of carbonyl (C=O) groups is 1. The molecular formula is C15H24N2O2S. The molecule has 1 fully saturated rings. The van der Waals surface area contributed by atoms with E-state index in [9.17, 15) is 9.90 Å². The molecule has 3 N–H and O–H groups in total. The van der Waals surface area contributed by atoms with Gasteiger partial charge in [-0.25, -0.2) is 0 Å². The lowest BCUT2D eigenvalue weighted by molar-refractivity contribution is -0.123. The summed E-state index contributed by atoms with van der Waals surface area (Å²) in [5.41, 5.74) is 0.905. The van der Waals surface area contributed by atoms with Crippen molar-refractivity contribution in [2.24, 2.45) is 0 Å². The highest BCUT2D eigenvalue weighted by Gasteiger charge is 2.20. The SMILES string of the molecule is CC(NCC(O)c1ccsc1)C(=O)NC1CCCCC1. The Balaban J connectivity index is 1.70. The molecule has 0 aliphatic heterocycles. The van der Waals surface area contributed by atoms with Gasteiger partial charge in [0.25, 0.3) is 0 Å². The van der Waals surface area contributed by atoms with Crippen molar-refractivity contribution in [1.29, 1.82) is 0 Å². The van der Waals surface area contributed by atoms with Gasteiger partial charge in [-0.2, -0.15) is 11.3 Å². The largest absolute Gasteiger partial charge is 0.387 e. The van der Waals surface area contributed by atoms with Crippen molar-refractivity contribution in [2.45, 2.75) is 57.2 Å². The molecule has 1 aromatic heterocycles. The molecule has 1 amide bonds. The van der Waals surface area contributed by atoms with E-state index in [4.69, 9.17) is 0 Å². The maximum absolute atomic E-state index is 12.1. The molecular weight excluding hydrogens is 272 g/mol. The van der Waals surface area contributed by atoms with Gasteiger partial charge < -0.3 is 15.7 Å². The lowest BCUT2D eigenvalue weighted by Gasteiger charge is -2.25. The fraction of sp³-hybridized carbons (Fsp3) is 0.667. The minimum Gasteiger partial charge on any atom is -0.387 e. The Hall–Kier alpha value is -0.910. The van der Waals surface area contributed by atoms with Gasteiger partial charge in [0.05, 0.1) is 12.1 Å². The molecule has 1 aliphatic rings. The van der Waals surface area contributed by atoms with Crippen LogP contribution >= 0.6 is 11.3 Å². The predicted octanol–water partition coefficient (Wildman–Crippen LogP) is 2.21. The first-order valence-electron chi connectivity index (χ1n) is 7.40. The third-order valence-electron chi connectivity index (χ3n) is 3.89. The minimum atomic E-state index is -0.550. The smallest absolute Gasteiger partial charge is 0.237 e. The fourth-order valence-electron chi connectivity index (χ4n) is 2.54. The van der Waals surface area contributed by atoms with Gasteiger partial charge in [-0.1, -0.05) is 19.3 Å². The third kappa shape index (κ3) is 4.58. The van der Waals surface area contributed by atoms with E-state index in [1.165, 1.54) is 19.3 Å². The molecule has 2 rings (SSSR count). The van der Waals surface area contributed by atoms with Crippen LogP contribution in [0.1, 0.15) is 50.7 Å². The number of thiophene rings is 1. The van der Waals surface area contributed by atoms with Crippen LogP contribution in [0.3, 0.4) is 0 Å². The van der Waals surface area contributed by atoms with Crippen LogP contribution in [0.5, 0.6) is 0 Å². The van der Waals surface area contributed by atoms with Gasteiger partial charge in [-0.05, 0) is 42.2 Å². The molecule has 1 heterocycles. The first-order valence-corrected chi connectivity index (χ1v) is 8.35. The second-order valence-electron chi connectivity index (χ2n) is 5.55. The summed E-state index contributed by atoms with van der Waals surface area (Å²) in [7, 11) is 0. The standard InChI is InChI=1S/C15H24N2O2S/c1-11(15(19)17-13-5-3-2-4-6-13)16-9-14(18)12-7-8-20-10-12/h7-8,10-11,13-14,16,18H,2-6,9H2,1H3,(H,17,19). The Morgan fingerprint density at radius 1 is 1.45 bits per heavy atom. The Labute approximate surface area is 124 Å². The topological polar surface area (TPSA) is 61.4 Å². The molecule has 4 nitrogen and oxygen atoms in total. The zero-order valence-electron chi connectivity index (χ0n) is 12.0. The zero-order chi connectivity index (χ0) is 14.4. The molecule has 0 saturated heterocycles. The molecule has 5 heteroatoms. The van der Waals surface area contributed by atoms with E-state index in [2.05, 4.69) is 10.6 Å². The second kappa shape index (κ2) is 7.76. The van der Waals surface area contributed by atoms with Crippen LogP contribution in [-0.4, -0.2) is 29.6 Å². The van der Waals surface area contributed by atoms with Gasteiger partial charge >= 0.3 is 0 Å². The number of aliphatic hydroxyl groups is 1. The van der Waals surface area contributed by atoms with Crippen molar-refractivity contribution in [3.63, 3.8) is 0 Å². The van der Waals surface area contributed by atoms with E-state index in [0.29, 0.717) is 12.6 Å². The molecule has 0 bridgehead atoms. The summed E-state index contributed by atoms with van der Waals surface area (Å²) in [5.74, 6) is 0.0365. The van der Waals surface area contributed by atoms with E-state index in [1.54, 1.807) is 11.3 Å².